The van der Waals surface area contributed by atoms with Crippen molar-refractivity contribution in [1.82, 2.24) is 10.6 Å². The van der Waals surface area contributed by atoms with E-state index >= 15 is 0 Å². The number of hydrogen-bond acceptors (Lipinski definition) is 5. The van der Waals surface area contributed by atoms with Crippen molar-refractivity contribution in [2.24, 2.45) is 0 Å². The van der Waals surface area contributed by atoms with Crippen molar-refractivity contribution in [3.63, 3.8) is 0 Å². The van der Waals surface area contributed by atoms with Gasteiger partial charge in [-0.2, -0.15) is 0 Å². The van der Waals surface area contributed by atoms with Gasteiger partial charge >= 0.3 is 18.0 Å². The highest BCUT2D eigenvalue weighted by Crippen LogP contribution is 1.90. The second-order valence-electron chi connectivity index (χ2n) is 2.81. The molecule has 0 aromatic rings. The van der Waals surface area contributed by atoms with Crippen LogP contribution < -0.4 is 10.6 Å². The van der Waals surface area contributed by atoms with E-state index in [4.69, 9.17) is 10.2 Å². The Labute approximate surface area is 91.6 Å². The van der Waals surface area contributed by atoms with Gasteiger partial charge in [-0.3, -0.25) is 4.79 Å². The molecule has 0 aliphatic rings. The summed E-state index contributed by atoms with van der Waals surface area (Å²) in [6.07, 6.45) is -0.110. The van der Waals surface area contributed by atoms with Crippen molar-refractivity contribution in [2.45, 2.75) is 12.5 Å². The Morgan fingerprint density at radius 1 is 1.38 bits per heavy atom. The highest BCUT2D eigenvalue weighted by molar-refractivity contribution is 5.84. The van der Waals surface area contributed by atoms with Gasteiger partial charge in [0.25, 0.3) is 0 Å². The van der Waals surface area contributed by atoms with E-state index in [1.807, 2.05) is 0 Å². The highest BCUT2D eigenvalue weighted by Gasteiger charge is 2.19. The number of ether oxygens (including phenoxy) is 1. The maximum absolute atomic E-state index is 11.1. The maximum atomic E-state index is 11.1. The Kier molecular flexibility index (Phi) is 6.61. The Balaban J connectivity index is 4.00. The summed E-state index contributed by atoms with van der Waals surface area (Å²) in [6, 6.07) is -2.01. The first-order chi connectivity index (χ1) is 7.51. The van der Waals surface area contributed by atoms with Gasteiger partial charge in [-0.15, -0.1) is 0 Å². The van der Waals surface area contributed by atoms with Gasteiger partial charge in [-0.1, -0.05) is 0 Å². The third kappa shape index (κ3) is 5.81. The molecule has 0 radical (unpaired) electrons. The summed E-state index contributed by atoms with van der Waals surface area (Å²) in [5.74, 6) is -1.91. The van der Waals surface area contributed by atoms with E-state index in [1.165, 1.54) is 0 Å². The zero-order valence-corrected chi connectivity index (χ0v) is 8.73. The van der Waals surface area contributed by atoms with Crippen LogP contribution in [0.3, 0.4) is 0 Å². The summed E-state index contributed by atoms with van der Waals surface area (Å²) >= 11 is 0. The standard InChI is InChI=1S/C8H14N2O6/c1-16-6(12)4-9-8(15)10-5(2-3-11)7(13)14/h5,11H,2-4H2,1H3,(H,13,14)(H2,9,10,15)/t5-/m0/s1. The lowest BCUT2D eigenvalue weighted by Crippen LogP contribution is -2.47. The monoisotopic (exact) mass is 234 g/mol. The molecule has 0 aliphatic carbocycles. The molecule has 0 fully saturated rings. The lowest BCUT2D eigenvalue weighted by Gasteiger charge is -2.13. The molecule has 0 saturated heterocycles. The van der Waals surface area contributed by atoms with Crippen LogP contribution in [-0.2, 0) is 14.3 Å². The van der Waals surface area contributed by atoms with Crippen LogP contribution in [0.2, 0.25) is 0 Å². The van der Waals surface area contributed by atoms with Crippen LogP contribution >= 0.6 is 0 Å². The second kappa shape index (κ2) is 7.46. The lowest BCUT2D eigenvalue weighted by atomic mass is 10.2. The summed E-state index contributed by atoms with van der Waals surface area (Å²) in [5, 5.41) is 21.4. The maximum Gasteiger partial charge on any atom is 0.326 e. The molecule has 2 amide bonds. The molecule has 0 spiro atoms. The minimum atomic E-state index is -1.26. The zero-order chi connectivity index (χ0) is 12.6. The smallest absolute Gasteiger partial charge is 0.326 e. The molecule has 0 aromatic heterocycles. The van der Waals surface area contributed by atoms with Crippen LogP contribution in [-0.4, -0.2) is 54.5 Å². The number of rotatable bonds is 6. The Hall–Kier alpha value is -1.83. The van der Waals surface area contributed by atoms with Gasteiger partial charge in [0.2, 0.25) is 0 Å². The fraction of sp³-hybridized carbons (Fsp3) is 0.625. The summed E-state index contributed by atoms with van der Waals surface area (Å²) in [4.78, 5) is 32.3. The number of hydrogen-bond donors (Lipinski definition) is 4. The Bertz CT molecular complexity index is 267. The summed E-state index contributed by atoms with van der Waals surface area (Å²) in [7, 11) is 1.16. The average molecular weight is 234 g/mol. The van der Waals surface area contributed by atoms with Crippen LogP contribution in [0.15, 0.2) is 0 Å². The molecule has 0 rings (SSSR count). The number of methoxy groups -OCH3 is 1. The zero-order valence-electron chi connectivity index (χ0n) is 8.73. The number of carboxylic acids is 1. The van der Waals surface area contributed by atoms with E-state index in [0.717, 1.165) is 7.11 Å². The number of aliphatic carboxylic acids is 1. The predicted molar refractivity (Wildman–Crippen MR) is 51.7 cm³/mol. The van der Waals surface area contributed by atoms with Crippen LogP contribution in [0.5, 0.6) is 0 Å². The van der Waals surface area contributed by atoms with Crippen molar-refractivity contribution in [2.75, 3.05) is 20.3 Å². The summed E-state index contributed by atoms with van der Waals surface area (Å²) < 4.78 is 4.26. The Morgan fingerprint density at radius 2 is 2.00 bits per heavy atom. The first-order valence-electron chi connectivity index (χ1n) is 4.46. The van der Waals surface area contributed by atoms with E-state index in [1.54, 1.807) is 0 Å². The molecule has 16 heavy (non-hydrogen) atoms. The fourth-order valence-electron chi connectivity index (χ4n) is 0.820. The molecule has 0 heterocycles. The third-order valence-corrected chi connectivity index (χ3v) is 1.64. The fourth-order valence-corrected chi connectivity index (χ4v) is 0.820. The molecule has 0 aromatic carbocycles. The van der Waals surface area contributed by atoms with E-state index in [0.29, 0.717) is 0 Å². The Morgan fingerprint density at radius 3 is 2.44 bits per heavy atom. The SMILES string of the molecule is COC(=O)CNC(=O)N[C@@H](CCO)C(=O)O. The number of aliphatic hydroxyl groups is 1. The first kappa shape index (κ1) is 14.2. The van der Waals surface area contributed by atoms with Crippen LogP contribution in [0.25, 0.3) is 0 Å². The third-order valence-electron chi connectivity index (χ3n) is 1.64. The number of carbonyl (C=O) groups is 3. The average Bonchev–Trinajstić information content (AvgIpc) is 2.25. The number of urea groups is 1. The number of carboxylic acid groups (broad SMARTS) is 1. The van der Waals surface area contributed by atoms with Crippen LogP contribution in [0, 0.1) is 0 Å². The number of nitrogens with one attached hydrogen (secondary N) is 2. The van der Waals surface area contributed by atoms with Crippen molar-refractivity contribution in [1.29, 1.82) is 0 Å². The highest BCUT2D eigenvalue weighted by atomic mass is 16.5. The molecule has 8 nitrogen and oxygen atoms in total. The number of aliphatic hydroxyl groups excluding tert-OH is 1. The van der Waals surface area contributed by atoms with Crippen molar-refractivity contribution in [3.05, 3.63) is 0 Å². The largest absolute Gasteiger partial charge is 0.480 e. The molecule has 0 saturated carbocycles. The van der Waals surface area contributed by atoms with Gasteiger partial charge in [-0.05, 0) is 0 Å². The molecular formula is C8H14N2O6. The van der Waals surface area contributed by atoms with E-state index in [-0.39, 0.29) is 19.6 Å². The first-order valence-corrected chi connectivity index (χ1v) is 4.46. The van der Waals surface area contributed by atoms with Gasteiger partial charge in [0, 0.05) is 13.0 Å². The number of amides is 2. The van der Waals surface area contributed by atoms with Gasteiger partial charge in [-0.25, -0.2) is 9.59 Å². The number of carbonyl (C=O) groups excluding carboxylic acids is 2. The van der Waals surface area contributed by atoms with Gasteiger partial charge < -0.3 is 25.6 Å². The lowest BCUT2D eigenvalue weighted by molar-refractivity contribution is -0.139. The van der Waals surface area contributed by atoms with Gasteiger partial charge in [0.05, 0.1) is 7.11 Å². The molecule has 0 aliphatic heterocycles. The minimum absolute atomic E-state index is 0.110. The molecular weight excluding hydrogens is 220 g/mol. The molecule has 92 valence electrons. The normalized spacial score (nSPS) is 11.4. The van der Waals surface area contributed by atoms with Crippen molar-refractivity contribution >= 4 is 18.0 Å². The molecule has 4 N–H and O–H groups in total. The van der Waals surface area contributed by atoms with Crippen LogP contribution in [0.1, 0.15) is 6.42 Å². The van der Waals surface area contributed by atoms with E-state index in [9.17, 15) is 14.4 Å². The molecule has 0 unspecified atom stereocenters. The van der Waals surface area contributed by atoms with Gasteiger partial charge in [0.15, 0.2) is 0 Å². The van der Waals surface area contributed by atoms with Crippen LogP contribution in [0.4, 0.5) is 4.79 Å². The topological polar surface area (TPSA) is 125 Å². The predicted octanol–water partition coefficient (Wildman–Crippen LogP) is -1.71. The van der Waals surface area contributed by atoms with Crippen molar-refractivity contribution < 1.29 is 29.3 Å². The van der Waals surface area contributed by atoms with E-state index in [2.05, 4.69) is 15.4 Å². The number of esters is 1. The molecule has 8 heteroatoms. The second-order valence-corrected chi connectivity index (χ2v) is 2.81. The van der Waals surface area contributed by atoms with E-state index < -0.39 is 24.0 Å². The quantitative estimate of drug-likeness (QED) is 0.406. The van der Waals surface area contributed by atoms with Gasteiger partial charge in [0.1, 0.15) is 12.6 Å². The minimum Gasteiger partial charge on any atom is -0.480 e. The molecule has 1 atom stereocenters. The molecule has 0 bridgehead atoms. The summed E-state index contributed by atoms with van der Waals surface area (Å²) in [6.45, 7) is -0.720. The van der Waals surface area contributed by atoms with Crippen molar-refractivity contribution in [3.8, 4) is 0 Å². The summed E-state index contributed by atoms with van der Waals surface area (Å²) in [5.41, 5.74) is 0.